The molecule has 0 radical (unpaired) electrons. The highest BCUT2D eigenvalue weighted by atomic mass is 32.2. The van der Waals surface area contributed by atoms with Crippen molar-refractivity contribution in [3.63, 3.8) is 0 Å². The molecule has 0 unspecified atom stereocenters. The largest absolute Gasteiger partial charge is 0.492 e. The van der Waals surface area contributed by atoms with Crippen molar-refractivity contribution in [2.45, 2.75) is 11.4 Å². The van der Waals surface area contributed by atoms with Crippen LogP contribution in [-0.2, 0) is 16.4 Å². The normalized spacial score (nSPS) is 10.8. The van der Waals surface area contributed by atoms with Crippen LogP contribution in [0.3, 0.4) is 0 Å². The van der Waals surface area contributed by atoms with E-state index in [2.05, 4.69) is 56.1 Å². The lowest BCUT2D eigenvalue weighted by atomic mass is 10.2. The van der Waals surface area contributed by atoms with E-state index in [1.807, 2.05) is 36.4 Å². The number of amides is 2. The maximum absolute atomic E-state index is 12.5. The molecule has 0 saturated carbocycles. The molecule has 0 aliphatic carbocycles. The molecule has 2 aromatic carbocycles. The number of rotatable bonds is 11. The van der Waals surface area contributed by atoms with Gasteiger partial charge in [-0.1, -0.05) is 36.4 Å². The second-order valence-electron chi connectivity index (χ2n) is 11.1. The first-order valence-electron chi connectivity index (χ1n) is 16.0. The topological polar surface area (TPSA) is 245 Å². The number of para-hydroxylation sites is 1. The van der Waals surface area contributed by atoms with Crippen LogP contribution in [0.1, 0.15) is 26.6 Å². The highest BCUT2D eigenvalue weighted by molar-refractivity contribution is 7.90. The summed E-state index contributed by atoms with van der Waals surface area (Å²) in [6.45, 7) is 0.426. The number of carbonyl (C=O) groups excluding carboxylic acids is 2. The van der Waals surface area contributed by atoms with Crippen LogP contribution in [-0.4, -0.2) is 83.2 Å². The van der Waals surface area contributed by atoms with Crippen LogP contribution in [0.4, 0.5) is 11.9 Å². The zero-order valence-electron chi connectivity index (χ0n) is 28.3. The van der Waals surface area contributed by atoms with Gasteiger partial charge in [-0.25, -0.2) is 13.1 Å². The Labute approximate surface area is 312 Å². The number of nitrogens with one attached hydrogen (secondary N) is 4. The number of nitrogens with zero attached hydrogens (tertiary/aromatic N) is 8. The van der Waals surface area contributed by atoms with E-state index in [4.69, 9.17) is 4.74 Å². The van der Waals surface area contributed by atoms with Gasteiger partial charge in [0.2, 0.25) is 11.9 Å². The van der Waals surface area contributed by atoms with E-state index in [9.17, 15) is 22.8 Å². The summed E-state index contributed by atoms with van der Waals surface area (Å²) in [5, 5.41) is 22.4. The van der Waals surface area contributed by atoms with Gasteiger partial charge in [0.25, 0.3) is 17.4 Å². The van der Waals surface area contributed by atoms with E-state index in [1.54, 1.807) is 42.7 Å². The van der Waals surface area contributed by atoms with Crippen LogP contribution >= 0.6 is 0 Å². The molecule has 0 saturated heterocycles. The molecule has 18 nitrogen and oxygen atoms in total. The van der Waals surface area contributed by atoms with Crippen molar-refractivity contribution in [1.82, 2.24) is 50.1 Å². The molecule has 19 heteroatoms. The zero-order valence-corrected chi connectivity index (χ0v) is 29.1. The van der Waals surface area contributed by atoms with Gasteiger partial charge in [0.1, 0.15) is 29.4 Å². The number of pyridine rings is 2. The SMILES string of the molecule is CS(=O)(=O)c1cccc(C(=O)Nc2n[nH]c(-c3ccccn3)n2)c1.O=C(Nc1n[nH]c(-c2ccccn2)n1)c1ccc(=O)n(CCOc2ccccc2)n1.[HH].[HH].[HH].[HH]. The Balaban J connectivity index is 0.000000382. The van der Waals surface area contributed by atoms with Crippen LogP contribution in [0.15, 0.2) is 125 Å². The molecule has 7 rings (SSSR count). The lowest BCUT2D eigenvalue weighted by molar-refractivity contribution is 0.101. The van der Waals surface area contributed by atoms with Gasteiger partial charge in [-0.3, -0.25) is 45.2 Å². The number of aromatic amines is 2. The van der Waals surface area contributed by atoms with E-state index < -0.39 is 21.7 Å². The monoisotopic (exact) mass is 754 g/mol. The van der Waals surface area contributed by atoms with Gasteiger partial charge in [-0.15, -0.1) is 10.2 Å². The highest BCUT2D eigenvalue weighted by Crippen LogP contribution is 2.16. The lowest BCUT2D eigenvalue weighted by Crippen LogP contribution is -2.28. The van der Waals surface area contributed by atoms with Gasteiger partial charge < -0.3 is 4.74 Å². The number of aromatic nitrogens is 10. The molecule has 0 fully saturated rings. The molecule has 5 aromatic heterocycles. The minimum absolute atomic E-state index is 0. The molecule has 0 aliphatic heterocycles. The number of hydrogen-bond donors (Lipinski definition) is 4. The Morgan fingerprint density at radius 3 is 1.96 bits per heavy atom. The van der Waals surface area contributed by atoms with Crippen molar-refractivity contribution >= 4 is 33.5 Å². The molecule has 0 aliphatic rings. The van der Waals surface area contributed by atoms with Gasteiger partial charge in [0, 0.05) is 36.0 Å². The van der Waals surface area contributed by atoms with E-state index in [-0.39, 0.29) is 52.5 Å². The highest BCUT2D eigenvalue weighted by Gasteiger charge is 2.16. The second kappa shape index (κ2) is 16.7. The molecule has 280 valence electrons. The molecule has 7 aromatic rings. The van der Waals surface area contributed by atoms with E-state index in [0.29, 0.717) is 28.8 Å². The molecule has 0 spiro atoms. The van der Waals surface area contributed by atoms with Crippen molar-refractivity contribution < 1.29 is 28.5 Å². The molecular formula is C35H38N12O6S. The lowest BCUT2D eigenvalue weighted by Gasteiger charge is -2.08. The van der Waals surface area contributed by atoms with E-state index in [1.165, 1.54) is 41.1 Å². The number of H-pyrrole nitrogens is 2. The molecule has 5 heterocycles. The van der Waals surface area contributed by atoms with Crippen LogP contribution in [0.2, 0.25) is 0 Å². The maximum atomic E-state index is 12.5. The fourth-order valence-electron chi connectivity index (χ4n) is 4.57. The average Bonchev–Trinajstić information content (AvgIpc) is 3.87. The summed E-state index contributed by atoms with van der Waals surface area (Å²) < 4.78 is 29.9. The van der Waals surface area contributed by atoms with Gasteiger partial charge in [-0.05, 0) is 60.7 Å². The molecule has 0 bridgehead atoms. The Bertz CT molecular complexity index is 2550. The summed E-state index contributed by atoms with van der Waals surface area (Å²) in [4.78, 5) is 53.4. The first-order chi connectivity index (χ1) is 26.1. The number of sulfone groups is 1. The third kappa shape index (κ3) is 9.67. The second-order valence-corrected chi connectivity index (χ2v) is 13.1. The maximum Gasteiger partial charge on any atom is 0.278 e. The van der Waals surface area contributed by atoms with Crippen LogP contribution < -0.4 is 20.9 Å². The van der Waals surface area contributed by atoms with Crippen molar-refractivity contribution in [1.29, 1.82) is 0 Å². The number of hydrogen-bond acceptors (Lipinski definition) is 13. The predicted octanol–water partition coefficient (Wildman–Crippen LogP) is 4.26. The summed E-state index contributed by atoms with van der Waals surface area (Å²) in [6.07, 6.45) is 4.33. The van der Waals surface area contributed by atoms with Crippen LogP contribution in [0, 0.1) is 0 Å². The Morgan fingerprint density at radius 2 is 1.37 bits per heavy atom. The molecule has 54 heavy (non-hydrogen) atoms. The smallest absolute Gasteiger partial charge is 0.278 e. The quantitative estimate of drug-likeness (QED) is 0.144. The van der Waals surface area contributed by atoms with E-state index >= 15 is 0 Å². The first kappa shape index (κ1) is 36.4. The Hall–Kier alpha value is -7.41. The van der Waals surface area contributed by atoms with Crippen molar-refractivity contribution in [3.8, 4) is 28.8 Å². The molecule has 4 N–H and O–H groups in total. The van der Waals surface area contributed by atoms with Crippen molar-refractivity contribution in [2.24, 2.45) is 0 Å². The fraction of sp³-hybridized carbons (Fsp3) is 0.0857. The van der Waals surface area contributed by atoms with Crippen LogP contribution in [0.5, 0.6) is 5.75 Å². The summed E-state index contributed by atoms with van der Waals surface area (Å²) in [5.41, 5.74) is 1.10. The molecule has 2 amide bonds. The Kier molecular flexibility index (Phi) is 11.3. The standard InChI is InChI=1S/C20H17N7O3.C15H13N5O3S.4H2/c28-17-10-9-16(26-27(17)12-13-30-14-6-2-1-3-7-14)19(29)23-20-22-18(24-25-20)15-8-4-5-11-21-15;1-24(22,23)11-6-4-5-10(9-11)14(21)18-15-17-13(19-20-15)12-7-2-3-8-16-12;;;;/h1-11H,12-13H2,(H2,22,23,24,25,29);2-9H,1H3,(H2,17,18,19,20,21);4*1H. The van der Waals surface area contributed by atoms with E-state index in [0.717, 1.165) is 6.26 Å². The molecular weight excluding hydrogens is 717 g/mol. The third-order valence-electron chi connectivity index (χ3n) is 7.18. The minimum Gasteiger partial charge on any atom is -0.492 e. The summed E-state index contributed by atoms with van der Waals surface area (Å²) in [5.74, 6) is 0.620. The fourth-order valence-corrected chi connectivity index (χ4v) is 5.24. The number of benzene rings is 2. The first-order valence-corrected chi connectivity index (χ1v) is 17.9. The van der Waals surface area contributed by atoms with Gasteiger partial charge in [-0.2, -0.15) is 15.1 Å². The average molecular weight is 755 g/mol. The summed E-state index contributed by atoms with van der Waals surface area (Å²) in [6, 6.07) is 28.3. The predicted molar refractivity (Wildman–Crippen MR) is 204 cm³/mol. The minimum atomic E-state index is -3.39. The number of anilines is 2. The van der Waals surface area contributed by atoms with Crippen molar-refractivity contribution in [2.75, 3.05) is 23.5 Å². The van der Waals surface area contributed by atoms with Crippen LogP contribution in [0.25, 0.3) is 23.0 Å². The summed E-state index contributed by atoms with van der Waals surface area (Å²) in [7, 11) is -3.39. The number of ether oxygens (including phenoxy) is 1. The number of carbonyl (C=O) groups is 2. The van der Waals surface area contributed by atoms with Gasteiger partial charge in [0.15, 0.2) is 21.5 Å². The van der Waals surface area contributed by atoms with Crippen molar-refractivity contribution in [3.05, 3.63) is 137 Å². The van der Waals surface area contributed by atoms with Gasteiger partial charge >= 0.3 is 0 Å². The zero-order chi connectivity index (χ0) is 37.9. The summed E-state index contributed by atoms with van der Waals surface area (Å²) >= 11 is 0. The van der Waals surface area contributed by atoms with Gasteiger partial charge in [0.05, 0.1) is 11.4 Å². The molecule has 0 atom stereocenters. The Morgan fingerprint density at radius 1 is 0.759 bits per heavy atom. The third-order valence-corrected chi connectivity index (χ3v) is 8.29.